The molecule has 0 atom stereocenters. The molecule has 0 aromatic heterocycles. The van der Waals surface area contributed by atoms with E-state index in [1.807, 2.05) is 12.1 Å². The molecule has 0 saturated carbocycles. The number of carbonyl (C=O) groups is 1. The van der Waals surface area contributed by atoms with E-state index in [9.17, 15) is 4.79 Å². The molecule has 4 heteroatoms. The first-order chi connectivity index (χ1) is 10.5. The van der Waals surface area contributed by atoms with Gasteiger partial charge in [-0.3, -0.25) is 4.79 Å². The van der Waals surface area contributed by atoms with E-state index >= 15 is 0 Å². The van der Waals surface area contributed by atoms with E-state index in [-0.39, 0.29) is 11.3 Å². The Bertz CT molecular complexity index is 496. The molecule has 0 aliphatic carbocycles. The Morgan fingerprint density at radius 2 is 2.09 bits per heavy atom. The molecule has 1 aromatic carbocycles. The highest BCUT2D eigenvalue weighted by molar-refractivity contribution is 9.10. The van der Waals surface area contributed by atoms with Gasteiger partial charge in [0.1, 0.15) is 0 Å². The number of benzene rings is 1. The van der Waals surface area contributed by atoms with Gasteiger partial charge in [-0.1, -0.05) is 41.9 Å². The largest absolute Gasteiger partial charge is 0.355 e. The lowest BCUT2D eigenvalue weighted by Crippen LogP contribution is -2.37. The molecule has 1 aromatic rings. The number of carbonyl (C=O) groups excluding carboxylic acids is 1. The molecule has 1 amide bonds. The normalized spacial score (nSPS) is 16.5. The van der Waals surface area contributed by atoms with Gasteiger partial charge in [-0.25, -0.2) is 0 Å². The van der Waals surface area contributed by atoms with Gasteiger partial charge < -0.3 is 10.6 Å². The summed E-state index contributed by atoms with van der Waals surface area (Å²) in [4.78, 5) is 12.1. The lowest BCUT2D eigenvalue weighted by Gasteiger charge is -2.26. The number of hydrogen-bond donors (Lipinski definition) is 2. The summed E-state index contributed by atoms with van der Waals surface area (Å²) in [7, 11) is 0. The molecule has 22 heavy (non-hydrogen) atoms. The van der Waals surface area contributed by atoms with Crippen molar-refractivity contribution in [2.24, 2.45) is 5.92 Å². The Morgan fingerprint density at radius 3 is 2.77 bits per heavy atom. The van der Waals surface area contributed by atoms with E-state index in [0.717, 1.165) is 24.0 Å². The molecule has 122 valence electrons. The van der Waals surface area contributed by atoms with Crippen LogP contribution < -0.4 is 10.6 Å². The van der Waals surface area contributed by atoms with Crippen molar-refractivity contribution < 1.29 is 4.79 Å². The predicted octanol–water partition coefficient (Wildman–Crippen LogP) is 3.62. The fourth-order valence-corrected chi connectivity index (χ4v) is 3.32. The number of hydrogen-bond acceptors (Lipinski definition) is 2. The SMILES string of the molecule is CC(C)(CNC(=O)CCC1CCNCC1)c1cccc(Br)c1. The van der Waals surface area contributed by atoms with Crippen LogP contribution in [0.5, 0.6) is 0 Å². The second-order valence-electron chi connectivity index (χ2n) is 6.90. The van der Waals surface area contributed by atoms with Crippen LogP contribution in [0.2, 0.25) is 0 Å². The van der Waals surface area contributed by atoms with Crippen molar-refractivity contribution in [3.8, 4) is 0 Å². The summed E-state index contributed by atoms with van der Waals surface area (Å²) in [6.07, 6.45) is 4.08. The van der Waals surface area contributed by atoms with Gasteiger partial charge in [0, 0.05) is 22.9 Å². The van der Waals surface area contributed by atoms with Gasteiger partial charge in [-0.15, -0.1) is 0 Å². The average molecular weight is 367 g/mol. The molecule has 0 spiro atoms. The van der Waals surface area contributed by atoms with Crippen LogP contribution in [0, 0.1) is 5.92 Å². The van der Waals surface area contributed by atoms with Crippen LogP contribution in [-0.4, -0.2) is 25.5 Å². The number of amides is 1. The summed E-state index contributed by atoms with van der Waals surface area (Å²) < 4.78 is 1.08. The molecule has 1 aliphatic rings. The van der Waals surface area contributed by atoms with Crippen molar-refractivity contribution in [1.29, 1.82) is 0 Å². The summed E-state index contributed by atoms with van der Waals surface area (Å²) in [6, 6.07) is 8.31. The van der Waals surface area contributed by atoms with E-state index in [1.165, 1.54) is 18.4 Å². The Labute approximate surface area is 142 Å². The molecule has 1 aliphatic heterocycles. The molecule has 1 saturated heterocycles. The minimum absolute atomic E-state index is 0.0613. The number of rotatable bonds is 6. The maximum absolute atomic E-state index is 12.1. The number of piperidine rings is 1. The Kier molecular flexibility index (Phi) is 6.45. The zero-order valence-corrected chi connectivity index (χ0v) is 15.2. The summed E-state index contributed by atoms with van der Waals surface area (Å²) in [5.74, 6) is 0.895. The second kappa shape index (κ2) is 8.11. The van der Waals surface area contributed by atoms with Crippen molar-refractivity contribution in [2.45, 2.75) is 44.9 Å². The van der Waals surface area contributed by atoms with Gasteiger partial charge in [-0.05, 0) is 56.0 Å². The minimum Gasteiger partial charge on any atom is -0.355 e. The molecular formula is C18H27BrN2O. The first kappa shape index (κ1) is 17.5. The zero-order valence-electron chi connectivity index (χ0n) is 13.6. The summed E-state index contributed by atoms with van der Waals surface area (Å²) >= 11 is 3.51. The minimum atomic E-state index is -0.0613. The van der Waals surface area contributed by atoms with Crippen LogP contribution in [-0.2, 0) is 10.2 Å². The van der Waals surface area contributed by atoms with Gasteiger partial charge in [0.05, 0.1) is 0 Å². The highest BCUT2D eigenvalue weighted by atomic mass is 79.9. The fraction of sp³-hybridized carbons (Fsp3) is 0.611. The van der Waals surface area contributed by atoms with Crippen molar-refractivity contribution >= 4 is 21.8 Å². The molecule has 1 heterocycles. The fourth-order valence-electron chi connectivity index (χ4n) is 2.93. The van der Waals surface area contributed by atoms with Crippen molar-refractivity contribution in [3.05, 3.63) is 34.3 Å². The summed E-state index contributed by atoms with van der Waals surface area (Å²) in [5, 5.41) is 6.48. The highest BCUT2D eigenvalue weighted by Crippen LogP contribution is 2.25. The molecule has 3 nitrogen and oxygen atoms in total. The zero-order chi connectivity index (χ0) is 16.0. The molecule has 0 bridgehead atoms. The predicted molar refractivity (Wildman–Crippen MR) is 95.0 cm³/mol. The van der Waals surface area contributed by atoms with E-state index < -0.39 is 0 Å². The average Bonchev–Trinajstić information content (AvgIpc) is 2.52. The third kappa shape index (κ3) is 5.40. The maximum Gasteiger partial charge on any atom is 0.220 e. The van der Waals surface area contributed by atoms with Crippen LogP contribution in [0.1, 0.15) is 45.1 Å². The van der Waals surface area contributed by atoms with E-state index in [4.69, 9.17) is 0 Å². The van der Waals surface area contributed by atoms with Crippen LogP contribution in [0.3, 0.4) is 0 Å². The van der Waals surface area contributed by atoms with E-state index in [1.54, 1.807) is 0 Å². The van der Waals surface area contributed by atoms with E-state index in [2.05, 4.69) is 52.5 Å². The molecule has 0 unspecified atom stereocenters. The third-order valence-electron chi connectivity index (χ3n) is 4.57. The monoisotopic (exact) mass is 366 g/mol. The smallest absolute Gasteiger partial charge is 0.220 e. The van der Waals surface area contributed by atoms with Crippen LogP contribution in [0.25, 0.3) is 0 Å². The molecule has 1 fully saturated rings. The van der Waals surface area contributed by atoms with Gasteiger partial charge in [0.15, 0.2) is 0 Å². The molecule has 2 N–H and O–H groups in total. The maximum atomic E-state index is 12.1. The van der Waals surface area contributed by atoms with Crippen LogP contribution in [0.4, 0.5) is 0 Å². The Balaban J connectivity index is 1.77. The number of halogens is 1. The topological polar surface area (TPSA) is 41.1 Å². The number of nitrogens with one attached hydrogen (secondary N) is 2. The summed E-state index contributed by atoms with van der Waals surface area (Å²) in [5.41, 5.74) is 1.18. The quantitative estimate of drug-likeness (QED) is 0.806. The third-order valence-corrected chi connectivity index (χ3v) is 5.07. The first-order valence-corrected chi connectivity index (χ1v) is 9.00. The van der Waals surface area contributed by atoms with Gasteiger partial charge in [-0.2, -0.15) is 0 Å². The summed E-state index contributed by atoms with van der Waals surface area (Å²) in [6.45, 7) is 7.21. The van der Waals surface area contributed by atoms with Crippen molar-refractivity contribution in [2.75, 3.05) is 19.6 Å². The standard InChI is InChI=1S/C18H27BrN2O/c1-18(2,15-4-3-5-16(19)12-15)13-21-17(22)7-6-14-8-10-20-11-9-14/h3-5,12,14,20H,6-11,13H2,1-2H3,(H,21,22). The van der Waals surface area contributed by atoms with E-state index in [0.29, 0.717) is 18.9 Å². The van der Waals surface area contributed by atoms with Crippen LogP contribution >= 0.6 is 15.9 Å². The van der Waals surface area contributed by atoms with Gasteiger partial charge in [0.25, 0.3) is 0 Å². The van der Waals surface area contributed by atoms with Crippen LogP contribution in [0.15, 0.2) is 28.7 Å². The van der Waals surface area contributed by atoms with Crippen molar-refractivity contribution in [1.82, 2.24) is 10.6 Å². The second-order valence-corrected chi connectivity index (χ2v) is 7.82. The highest BCUT2D eigenvalue weighted by Gasteiger charge is 2.22. The lowest BCUT2D eigenvalue weighted by molar-refractivity contribution is -0.121. The first-order valence-electron chi connectivity index (χ1n) is 8.21. The Morgan fingerprint density at radius 1 is 1.36 bits per heavy atom. The lowest BCUT2D eigenvalue weighted by atomic mass is 9.84. The Hall–Kier alpha value is -0.870. The van der Waals surface area contributed by atoms with Crippen molar-refractivity contribution in [3.63, 3.8) is 0 Å². The molecular weight excluding hydrogens is 340 g/mol. The van der Waals surface area contributed by atoms with Gasteiger partial charge >= 0.3 is 0 Å². The molecule has 2 rings (SSSR count). The van der Waals surface area contributed by atoms with Gasteiger partial charge in [0.2, 0.25) is 5.91 Å². The molecule has 0 radical (unpaired) electrons.